The van der Waals surface area contributed by atoms with Crippen LogP contribution in [0.1, 0.15) is 40.7 Å². The lowest BCUT2D eigenvalue weighted by Gasteiger charge is -2.40. The molecule has 2 saturated heterocycles. The first kappa shape index (κ1) is 24.8. The number of halogens is 1. The number of carbonyl (C=O) groups is 3. The van der Waals surface area contributed by atoms with E-state index < -0.39 is 23.7 Å². The van der Waals surface area contributed by atoms with Gasteiger partial charge in [0.2, 0.25) is 5.91 Å². The Morgan fingerprint density at radius 2 is 1.57 bits per heavy atom. The molecule has 1 unspecified atom stereocenters. The van der Waals surface area contributed by atoms with Gasteiger partial charge in [-0.15, -0.1) is 0 Å². The Hall–Kier alpha value is -3.84. The predicted octanol–water partition coefficient (Wildman–Crippen LogP) is 4.57. The van der Waals surface area contributed by atoms with Crippen molar-refractivity contribution in [3.63, 3.8) is 0 Å². The second-order valence-electron chi connectivity index (χ2n) is 9.81. The summed E-state index contributed by atoms with van der Waals surface area (Å²) in [5.41, 5.74) is 2.63. The summed E-state index contributed by atoms with van der Waals surface area (Å²) in [7, 11) is 0. The molecule has 3 aromatic carbocycles. The summed E-state index contributed by atoms with van der Waals surface area (Å²) in [4.78, 5) is 45.4. The lowest BCUT2D eigenvalue weighted by atomic mass is 9.98. The van der Waals surface area contributed by atoms with Crippen LogP contribution < -0.4 is 4.90 Å². The normalized spacial score (nSPS) is 18.9. The zero-order chi connectivity index (χ0) is 25.9. The molecule has 0 radical (unpaired) electrons. The number of imide groups is 1. The van der Waals surface area contributed by atoms with E-state index in [2.05, 4.69) is 17.0 Å². The minimum absolute atomic E-state index is 0.0803. The number of carbonyl (C=O) groups excluding carboxylic acids is 3. The number of piperidine rings is 1. The monoisotopic (exact) mass is 499 g/mol. The molecular formula is C30H30FN3O3. The molecule has 0 aliphatic carbocycles. The Kier molecular flexibility index (Phi) is 7.15. The first-order valence-electron chi connectivity index (χ1n) is 12.7. The highest BCUT2D eigenvalue weighted by Gasteiger charge is 2.47. The molecule has 0 spiro atoms. The van der Waals surface area contributed by atoms with Gasteiger partial charge in [-0.25, -0.2) is 9.29 Å². The average Bonchev–Trinajstić information content (AvgIpc) is 3.20. The van der Waals surface area contributed by atoms with Crippen LogP contribution in [-0.4, -0.2) is 52.7 Å². The third-order valence-corrected chi connectivity index (χ3v) is 7.29. The smallest absolute Gasteiger partial charge is 0.257 e. The predicted molar refractivity (Wildman–Crippen MR) is 139 cm³/mol. The van der Waals surface area contributed by atoms with Crippen molar-refractivity contribution in [2.45, 2.75) is 44.8 Å². The van der Waals surface area contributed by atoms with Gasteiger partial charge in [0.05, 0.1) is 17.7 Å². The third-order valence-electron chi connectivity index (χ3n) is 7.29. The van der Waals surface area contributed by atoms with E-state index >= 15 is 0 Å². The molecule has 2 heterocycles. The van der Waals surface area contributed by atoms with Crippen LogP contribution >= 0.6 is 0 Å². The second-order valence-corrected chi connectivity index (χ2v) is 9.81. The number of aryl methyl sites for hydroxylation is 1. The quantitative estimate of drug-likeness (QED) is 0.466. The molecule has 2 aliphatic heterocycles. The van der Waals surface area contributed by atoms with E-state index in [-0.39, 0.29) is 23.9 Å². The van der Waals surface area contributed by atoms with Crippen LogP contribution in [0.3, 0.4) is 0 Å². The first-order valence-corrected chi connectivity index (χ1v) is 12.7. The van der Waals surface area contributed by atoms with Gasteiger partial charge in [0.1, 0.15) is 11.9 Å². The molecule has 0 bridgehead atoms. The van der Waals surface area contributed by atoms with E-state index in [9.17, 15) is 18.8 Å². The summed E-state index contributed by atoms with van der Waals surface area (Å²) in [6, 6.07) is 21.9. The maximum Gasteiger partial charge on any atom is 0.257 e. The van der Waals surface area contributed by atoms with Crippen molar-refractivity contribution >= 4 is 23.4 Å². The van der Waals surface area contributed by atoms with Gasteiger partial charge in [-0.2, -0.15) is 0 Å². The van der Waals surface area contributed by atoms with Crippen LogP contribution in [0.15, 0.2) is 78.9 Å². The molecule has 37 heavy (non-hydrogen) atoms. The molecule has 7 heteroatoms. The van der Waals surface area contributed by atoms with Crippen molar-refractivity contribution < 1.29 is 18.8 Å². The Morgan fingerprint density at radius 1 is 0.919 bits per heavy atom. The Bertz CT molecular complexity index is 1290. The Balaban J connectivity index is 1.40. The van der Waals surface area contributed by atoms with Crippen molar-refractivity contribution in [2.75, 3.05) is 18.0 Å². The largest absolute Gasteiger partial charge is 0.323 e. The van der Waals surface area contributed by atoms with Crippen molar-refractivity contribution in [1.29, 1.82) is 0 Å². The van der Waals surface area contributed by atoms with Crippen molar-refractivity contribution in [3.05, 3.63) is 101 Å². The summed E-state index contributed by atoms with van der Waals surface area (Å²) >= 11 is 0. The Labute approximate surface area is 216 Å². The number of likely N-dealkylation sites (tertiary alicyclic amines) is 1. The van der Waals surface area contributed by atoms with Gasteiger partial charge < -0.3 is 4.90 Å². The van der Waals surface area contributed by atoms with E-state index in [0.29, 0.717) is 18.5 Å². The number of anilines is 1. The number of benzene rings is 3. The van der Waals surface area contributed by atoms with Crippen LogP contribution in [0, 0.1) is 12.7 Å². The zero-order valence-electron chi connectivity index (χ0n) is 20.8. The number of rotatable bonds is 6. The summed E-state index contributed by atoms with van der Waals surface area (Å²) in [5.74, 6) is -1.97. The molecule has 1 atom stereocenters. The zero-order valence-corrected chi connectivity index (χ0v) is 20.8. The summed E-state index contributed by atoms with van der Waals surface area (Å²) in [6.45, 7) is 4.20. The average molecular weight is 500 g/mol. The van der Waals surface area contributed by atoms with Crippen molar-refractivity contribution in [2.24, 2.45) is 0 Å². The molecule has 0 saturated carbocycles. The summed E-state index contributed by atoms with van der Waals surface area (Å²) in [5, 5.41) is 0. The van der Waals surface area contributed by atoms with Gasteiger partial charge in [-0.1, -0.05) is 60.2 Å². The highest BCUT2D eigenvalue weighted by molar-refractivity contribution is 6.23. The minimum atomic E-state index is -0.966. The lowest BCUT2D eigenvalue weighted by Crippen LogP contribution is -2.54. The van der Waals surface area contributed by atoms with Crippen LogP contribution in [-0.2, 0) is 16.1 Å². The third kappa shape index (κ3) is 5.18. The van der Waals surface area contributed by atoms with Gasteiger partial charge in [-0.3, -0.25) is 19.3 Å². The van der Waals surface area contributed by atoms with Gasteiger partial charge in [0.25, 0.3) is 11.8 Å². The van der Waals surface area contributed by atoms with Crippen molar-refractivity contribution in [1.82, 2.24) is 9.80 Å². The molecule has 3 aromatic rings. The standard InChI is InChI=1S/C30H30FN3O3/c1-21-11-13-23(14-12-21)34-28(35)19-27(30(34)37)33(29(36)25-9-5-6-10-26(25)31)24-15-17-32(18-16-24)20-22-7-3-2-4-8-22/h2-14,24,27H,15-20H2,1H3. The maximum absolute atomic E-state index is 14.7. The molecule has 3 amide bonds. The van der Waals surface area contributed by atoms with Gasteiger partial charge in [0.15, 0.2) is 0 Å². The number of nitrogens with zero attached hydrogens (tertiary/aromatic N) is 3. The Morgan fingerprint density at radius 3 is 2.24 bits per heavy atom. The van der Waals surface area contributed by atoms with Crippen LogP contribution in [0.5, 0.6) is 0 Å². The molecule has 190 valence electrons. The van der Waals surface area contributed by atoms with Gasteiger partial charge in [-0.05, 0) is 49.6 Å². The number of hydrogen-bond acceptors (Lipinski definition) is 4. The minimum Gasteiger partial charge on any atom is -0.323 e. The van der Waals surface area contributed by atoms with E-state index in [4.69, 9.17) is 0 Å². The summed E-state index contributed by atoms with van der Waals surface area (Å²) < 4.78 is 14.7. The van der Waals surface area contributed by atoms with E-state index in [1.807, 2.05) is 37.3 Å². The van der Waals surface area contributed by atoms with Crippen LogP contribution in [0.25, 0.3) is 0 Å². The van der Waals surface area contributed by atoms with Crippen molar-refractivity contribution in [3.8, 4) is 0 Å². The van der Waals surface area contributed by atoms with Crippen LogP contribution in [0.4, 0.5) is 10.1 Å². The topological polar surface area (TPSA) is 60.9 Å². The first-order chi connectivity index (χ1) is 17.9. The SMILES string of the molecule is Cc1ccc(N2C(=O)CC(N(C(=O)c3ccccc3F)C3CCN(Cc4ccccc4)CC3)C2=O)cc1. The van der Waals surface area contributed by atoms with Gasteiger partial charge in [0, 0.05) is 25.7 Å². The fraction of sp³-hybridized carbons (Fsp3) is 0.300. The highest BCUT2D eigenvalue weighted by atomic mass is 19.1. The van der Waals surface area contributed by atoms with E-state index in [1.54, 1.807) is 18.2 Å². The van der Waals surface area contributed by atoms with Crippen LogP contribution in [0.2, 0.25) is 0 Å². The molecule has 5 rings (SSSR count). The lowest BCUT2D eigenvalue weighted by molar-refractivity contribution is -0.123. The number of amides is 3. The highest BCUT2D eigenvalue weighted by Crippen LogP contribution is 2.31. The maximum atomic E-state index is 14.7. The molecule has 0 N–H and O–H groups in total. The molecule has 0 aromatic heterocycles. The fourth-order valence-electron chi connectivity index (χ4n) is 5.33. The summed E-state index contributed by atoms with van der Waals surface area (Å²) in [6.07, 6.45) is 1.15. The van der Waals surface area contributed by atoms with E-state index in [0.717, 1.165) is 30.1 Å². The van der Waals surface area contributed by atoms with E-state index in [1.165, 1.54) is 28.7 Å². The molecule has 2 aliphatic rings. The number of hydrogen-bond donors (Lipinski definition) is 0. The molecule has 6 nitrogen and oxygen atoms in total. The second kappa shape index (κ2) is 10.6. The molecular weight excluding hydrogens is 469 g/mol. The molecule has 2 fully saturated rings. The fourth-order valence-corrected chi connectivity index (χ4v) is 5.33. The van der Waals surface area contributed by atoms with Gasteiger partial charge >= 0.3 is 0 Å².